The molecule has 1 N–H and O–H groups in total. The topological polar surface area (TPSA) is 70.5 Å². The molecule has 1 aliphatic rings. The van der Waals surface area contributed by atoms with Crippen LogP contribution in [0.15, 0.2) is 36.7 Å². The minimum atomic E-state index is -0.0953. The second-order valence-corrected chi connectivity index (χ2v) is 7.29. The number of benzene rings is 1. The van der Waals surface area contributed by atoms with Gasteiger partial charge in [-0.3, -0.25) is 14.3 Å². The molecular formula is C20H27N5O2. The van der Waals surface area contributed by atoms with Gasteiger partial charge in [-0.25, -0.2) is 0 Å². The minimum Gasteiger partial charge on any atom is -0.378 e. The standard InChI is InChI=1S/C20H27N5O2/c1-23(2)18-6-4-5-16(11-18)20(27)25-9-7-15(8-10-25)12-21-19(26)17-13-22-24(3)14-17/h4-6,11,13-15H,7-10,12H2,1-3H3,(H,21,26). The Morgan fingerprint density at radius 2 is 1.96 bits per heavy atom. The summed E-state index contributed by atoms with van der Waals surface area (Å²) in [6, 6.07) is 7.72. The van der Waals surface area contributed by atoms with Crippen LogP contribution in [0.2, 0.25) is 0 Å². The number of piperidine rings is 1. The molecule has 2 amide bonds. The van der Waals surface area contributed by atoms with Crippen LogP contribution in [0.25, 0.3) is 0 Å². The number of aromatic nitrogens is 2. The van der Waals surface area contributed by atoms with E-state index in [0.717, 1.165) is 37.2 Å². The maximum absolute atomic E-state index is 12.8. The van der Waals surface area contributed by atoms with Gasteiger partial charge in [0.05, 0.1) is 11.8 Å². The molecule has 0 atom stereocenters. The van der Waals surface area contributed by atoms with Crippen molar-refractivity contribution in [1.82, 2.24) is 20.0 Å². The van der Waals surface area contributed by atoms with Crippen LogP contribution in [-0.2, 0) is 7.05 Å². The van der Waals surface area contributed by atoms with Gasteiger partial charge in [-0.1, -0.05) is 6.07 Å². The quantitative estimate of drug-likeness (QED) is 0.872. The maximum Gasteiger partial charge on any atom is 0.254 e. The van der Waals surface area contributed by atoms with Crippen LogP contribution >= 0.6 is 0 Å². The fourth-order valence-electron chi connectivity index (χ4n) is 3.32. The van der Waals surface area contributed by atoms with E-state index in [1.165, 1.54) is 0 Å². The van der Waals surface area contributed by atoms with Gasteiger partial charge in [0.1, 0.15) is 0 Å². The molecule has 1 aromatic heterocycles. The zero-order chi connectivity index (χ0) is 19.4. The number of amides is 2. The summed E-state index contributed by atoms with van der Waals surface area (Å²) in [5.41, 5.74) is 2.32. The molecule has 7 heteroatoms. The van der Waals surface area contributed by atoms with Crippen LogP contribution in [-0.4, -0.2) is 60.2 Å². The van der Waals surface area contributed by atoms with E-state index in [2.05, 4.69) is 10.4 Å². The molecule has 0 saturated carbocycles. The summed E-state index contributed by atoms with van der Waals surface area (Å²) in [7, 11) is 5.72. The van der Waals surface area contributed by atoms with Crippen molar-refractivity contribution >= 4 is 17.5 Å². The van der Waals surface area contributed by atoms with Crippen molar-refractivity contribution in [3.63, 3.8) is 0 Å². The molecule has 2 aromatic rings. The largest absolute Gasteiger partial charge is 0.378 e. The van der Waals surface area contributed by atoms with Gasteiger partial charge in [-0.2, -0.15) is 5.10 Å². The average molecular weight is 369 g/mol. The lowest BCUT2D eigenvalue weighted by Crippen LogP contribution is -2.41. The second kappa shape index (κ2) is 8.24. The summed E-state index contributed by atoms with van der Waals surface area (Å²) >= 11 is 0. The summed E-state index contributed by atoms with van der Waals surface area (Å²) < 4.78 is 1.62. The Labute approximate surface area is 159 Å². The van der Waals surface area contributed by atoms with Crippen LogP contribution in [0.4, 0.5) is 5.69 Å². The third-order valence-corrected chi connectivity index (χ3v) is 5.03. The van der Waals surface area contributed by atoms with Gasteiger partial charge in [-0.15, -0.1) is 0 Å². The Morgan fingerprint density at radius 1 is 1.22 bits per heavy atom. The highest BCUT2D eigenvalue weighted by molar-refractivity contribution is 5.95. The molecule has 0 radical (unpaired) electrons. The van der Waals surface area contributed by atoms with E-state index in [1.54, 1.807) is 24.1 Å². The van der Waals surface area contributed by atoms with E-state index in [1.807, 2.05) is 48.2 Å². The van der Waals surface area contributed by atoms with Crippen LogP contribution in [0.1, 0.15) is 33.6 Å². The number of hydrogen-bond acceptors (Lipinski definition) is 4. The van der Waals surface area contributed by atoms with Crippen molar-refractivity contribution < 1.29 is 9.59 Å². The van der Waals surface area contributed by atoms with Crippen LogP contribution < -0.4 is 10.2 Å². The molecule has 7 nitrogen and oxygen atoms in total. The molecule has 1 fully saturated rings. The Hall–Kier alpha value is -2.83. The predicted molar refractivity (Wildman–Crippen MR) is 105 cm³/mol. The summed E-state index contributed by atoms with van der Waals surface area (Å²) in [6.07, 6.45) is 5.07. The summed E-state index contributed by atoms with van der Waals surface area (Å²) in [4.78, 5) is 28.8. The number of aryl methyl sites for hydroxylation is 1. The number of carbonyl (C=O) groups excluding carboxylic acids is 2. The molecule has 1 aromatic carbocycles. The monoisotopic (exact) mass is 369 g/mol. The lowest BCUT2D eigenvalue weighted by atomic mass is 9.96. The van der Waals surface area contributed by atoms with E-state index in [9.17, 15) is 9.59 Å². The van der Waals surface area contributed by atoms with E-state index in [4.69, 9.17) is 0 Å². The second-order valence-electron chi connectivity index (χ2n) is 7.29. The Kier molecular flexibility index (Phi) is 5.78. The first kappa shape index (κ1) is 18.9. The Balaban J connectivity index is 1.49. The van der Waals surface area contributed by atoms with Gasteiger partial charge in [0, 0.05) is 58.2 Å². The molecule has 0 bridgehead atoms. The molecular weight excluding hydrogens is 342 g/mol. The molecule has 2 heterocycles. The SMILES string of the molecule is CN(C)c1cccc(C(=O)N2CCC(CNC(=O)c3cnn(C)c3)CC2)c1. The van der Waals surface area contributed by atoms with Gasteiger partial charge in [-0.05, 0) is 37.0 Å². The number of anilines is 1. The molecule has 3 rings (SSSR count). The van der Waals surface area contributed by atoms with Gasteiger partial charge >= 0.3 is 0 Å². The normalized spacial score (nSPS) is 14.9. The van der Waals surface area contributed by atoms with Crippen molar-refractivity contribution in [3.05, 3.63) is 47.8 Å². The number of rotatable bonds is 5. The van der Waals surface area contributed by atoms with Crippen LogP contribution in [0.5, 0.6) is 0 Å². The number of carbonyl (C=O) groups is 2. The van der Waals surface area contributed by atoms with Crippen molar-refractivity contribution in [1.29, 1.82) is 0 Å². The first-order valence-corrected chi connectivity index (χ1v) is 9.27. The van der Waals surface area contributed by atoms with Gasteiger partial charge < -0.3 is 15.1 Å². The lowest BCUT2D eigenvalue weighted by Gasteiger charge is -2.32. The summed E-state index contributed by atoms with van der Waals surface area (Å²) in [5, 5.41) is 6.99. The number of hydrogen-bond donors (Lipinski definition) is 1. The zero-order valence-corrected chi connectivity index (χ0v) is 16.2. The average Bonchev–Trinajstić information content (AvgIpc) is 3.12. The molecule has 1 aliphatic heterocycles. The predicted octanol–water partition coefficient (Wildman–Crippen LogP) is 1.77. The van der Waals surface area contributed by atoms with Crippen molar-refractivity contribution in [2.45, 2.75) is 12.8 Å². The highest BCUT2D eigenvalue weighted by Gasteiger charge is 2.24. The Bertz CT molecular complexity index is 806. The minimum absolute atomic E-state index is 0.0801. The van der Waals surface area contributed by atoms with E-state index in [0.29, 0.717) is 18.0 Å². The third kappa shape index (κ3) is 4.67. The van der Waals surface area contributed by atoms with E-state index >= 15 is 0 Å². The smallest absolute Gasteiger partial charge is 0.254 e. The fourth-order valence-corrected chi connectivity index (χ4v) is 3.32. The number of likely N-dealkylation sites (tertiary alicyclic amines) is 1. The van der Waals surface area contributed by atoms with E-state index < -0.39 is 0 Å². The van der Waals surface area contributed by atoms with Crippen LogP contribution in [0, 0.1) is 5.92 Å². The number of nitrogens with one attached hydrogen (secondary N) is 1. The first-order valence-electron chi connectivity index (χ1n) is 9.27. The molecule has 144 valence electrons. The van der Waals surface area contributed by atoms with Gasteiger partial charge in [0.15, 0.2) is 0 Å². The van der Waals surface area contributed by atoms with Crippen molar-refractivity contribution in [2.75, 3.05) is 38.6 Å². The molecule has 0 spiro atoms. The van der Waals surface area contributed by atoms with E-state index in [-0.39, 0.29) is 11.8 Å². The van der Waals surface area contributed by atoms with Gasteiger partial charge in [0.2, 0.25) is 0 Å². The highest BCUT2D eigenvalue weighted by atomic mass is 16.2. The highest BCUT2D eigenvalue weighted by Crippen LogP contribution is 2.20. The molecule has 0 aliphatic carbocycles. The molecule has 0 unspecified atom stereocenters. The lowest BCUT2D eigenvalue weighted by molar-refractivity contribution is 0.0684. The molecule has 1 saturated heterocycles. The third-order valence-electron chi connectivity index (χ3n) is 5.03. The van der Waals surface area contributed by atoms with Crippen molar-refractivity contribution in [3.8, 4) is 0 Å². The summed E-state index contributed by atoms with van der Waals surface area (Å²) in [5.74, 6) is 0.376. The number of nitrogens with zero attached hydrogens (tertiary/aromatic N) is 4. The fraction of sp³-hybridized carbons (Fsp3) is 0.450. The zero-order valence-electron chi connectivity index (χ0n) is 16.2. The van der Waals surface area contributed by atoms with Crippen molar-refractivity contribution in [2.24, 2.45) is 13.0 Å². The van der Waals surface area contributed by atoms with Gasteiger partial charge in [0.25, 0.3) is 11.8 Å². The summed E-state index contributed by atoms with van der Waals surface area (Å²) in [6.45, 7) is 2.07. The van der Waals surface area contributed by atoms with Crippen LogP contribution in [0.3, 0.4) is 0 Å². The molecule has 27 heavy (non-hydrogen) atoms. The maximum atomic E-state index is 12.8. The first-order chi connectivity index (χ1) is 12.9. The Morgan fingerprint density at radius 3 is 2.59 bits per heavy atom.